The van der Waals surface area contributed by atoms with Crippen LogP contribution in [-0.4, -0.2) is 27.1 Å². The average Bonchev–Trinajstić information content (AvgIpc) is 2.57. The molecule has 1 aliphatic rings. The molecule has 62 valence electrons. The third-order valence-corrected chi connectivity index (χ3v) is 1.83. The summed E-state index contributed by atoms with van der Waals surface area (Å²) in [4.78, 5) is 1.75. The van der Waals surface area contributed by atoms with Crippen molar-refractivity contribution < 1.29 is 0 Å². The molecule has 0 aliphatic carbocycles. The fourth-order valence-corrected chi connectivity index (χ4v) is 1.19. The molecule has 0 atom stereocenters. The lowest BCUT2D eigenvalue weighted by Gasteiger charge is -2.21. The Morgan fingerprint density at radius 2 is 2.50 bits per heavy atom. The van der Waals surface area contributed by atoms with E-state index in [0.29, 0.717) is 10.9 Å². The average molecular weight is 181 g/mol. The molecule has 1 aromatic rings. The zero-order valence-electron chi connectivity index (χ0n) is 6.19. The lowest BCUT2D eigenvalue weighted by Crippen LogP contribution is -2.39. The SMILES string of the molecule is S=C1NCC=CN1c1cn[nH]n1. The highest BCUT2D eigenvalue weighted by Gasteiger charge is 2.13. The summed E-state index contributed by atoms with van der Waals surface area (Å²) in [7, 11) is 0. The second-order valence-electron chi connectivity index (χ2n) is 2.27. The molecule has 2 rings (SSSR count). The summed E-state index contributed by atoms with van der Waals surface area (Å²) in [5, 5.41) is 13.8. The lowest BCUT2D eigenvalue weighted by molar-refractivity contribution is 0.928. The van der Waals surface area contributed by atoms with Gasteiger partial charge >= 0.3 is 0 Å². The van der Waals surface area contributed by atoms with E-state index >= 15 is 0 Å². The van der Waals surface area contributed by atoms with Gasteiger partial charge in [0.05, 0.1) is 6.20 Å². The quantitative estimate of drug-likeness (QED) is 0.598. The maximum atomic E-state index is 5.06. The number of hydrogen-bond acceptors (Lipinski definition) is 3. The third kappa shape index (κ3) is 1.16. The highest BCUT2D eigenvalue weighted by Crippen LogP contribution is 2.09. The van der Waals surface area contributed by atoms with Crippen molar-refractivity contribution in [3.05, 3.63) is 18.5 Å². The van der Waals surface area contributed by atoms with Crippen LogP contribution in [0.15, 0.2) is 18.5 Å². The maximum Gasteiger partial charge on any atom is 0.181 e. The molecule has 0 unspecified atom stereocenters. The smallest absolute Gasteiger partial charge is 0.181 e. The number of H-pyrrole nitrogens is 1. The number of hydrogen-bond donors (Lipinski definition) is 2. The van der Waals surface area contributed by atoms with Crippen molar-refractivity contribution in [1.82, 2.24) is 20.7 Å². The van der Waals surface area contributed by atoms with Crippen molar-refractivity contribution in [3.63, 3.8) is 0 Å². The van der Waals surface area contributed by atoms with Crippen molar-refractivity contribution in [3.8, 4) is 0 Å². The number of thiocarbonyl (C=S) groups is 1. The van der Waals surface area contributed by atoms with Crippen molar-refractivity contribution in [2.75, 3.05) is 11.4 Å². The Kier molecular flexibility index (Phi) is 1.75. The molecule has 12 heavy (non-hydrogen) atoms. The molecular weight excluding hydrogens is 174 g/mol. The van der Waals surface area contributed by atoms with E-state index in [4.69, 9.17) is 12.2 Å². The number of nitrogens with one attached hydrogen (secondary N) is 2. The van der Waals surface area contributed by atoms with Gasteiger partial charge < -0.3 is 5.32 Å². The normalized spacial score (nSPS) is 16.3. The fourth-order valence-electron chi connectivity index (χ4n) is 0.949. The van der Waals surface area contributed by atoms with Crippen LogP contribution in [0.3, 0.4) is 0 Å². The van der Waals surface area contributed by atoms with Crippen molar-refractivity contribution in [2.45, 2.75) is 0 Å². The molecule has 0 radical (unpaired) electrons. The van der Waals surface area contributed by atoms with Gasteiger partial charge in [0.1, 0.15) is 0 Å². The summed E-state index contributed by atoms with van der Waals surface area (Å²) in [6.45, 7) is 0.771. The standard InChI is InChI=1S/C6H7N5S/c12-6-7-2-1-3-11(6)5-4-8-10-9-5/h1,3-4H,2H2,(H,7,12)(H,8,9,10). The Bertz CT molecular complexity index is 304. The minimum atomic E-state index is 0.645. The van der Waals surface area contributed by atoms with Gasteiger partial charge in [0, 0.05) is 12.7 Å². The second kappa shape index (κ2) is 2.90. The minimum absolute atomic E-state index is 0.645. The number of rotatable bonds is 1. The predicted octanol–water partition coefficient (Wildman–Crippen LogP) is 0.0129. The van der Waals surface area contributed by atoms with Gasteiger partial charge in [-0.05, 0) is 18.3 Å². The summed E-state index contributed by atoms with van der Waals surface area (Å²) in [6.07, 6.45) is 5.45. The molecule has 0 saturated carbocycles. The molecule has 6 heteroatoms. The van der Waals surface area contributed by atoms with E-state index in [-0.39, 0.29) is 0 Å². The molecular formula is C6H7N5S. The van der Waals surface area contributed by atoms with Crippen LogP contribution in [0.1, 0.15) is 0 Å². The van der Waals surface area contributed by atoms with E-state index in [2.05, 4.69) is 20.7 Å². The van der Waals surface area contributed by atoms with Gasteiger partial charge in [0.25, 0.3) is 0 Å². The zero-order chi connectivity index (χ0) is 8.39. The molecule has 1 aromatic heterocycles. The second-order valence-corrected chi connectivity index (χ2v) is 2.66. The first-order valence-electron chi connectivity index (χ1n) is 3.47. The van der Waals surface area contributed by atoms with Crippen LogP contribution in [0.5, 0.6) is 0 Å². The Hall–Kier alpha value is -1.43. The highest BCUT2D eigenvalue weighted by molar-refractivity contribution is 7.80. The maximum absolute atomic E-state index is 5.06. The Morgan fingerprint density at radius 3 is 3.17 bits per heavy atom. The summed E-state index contributed by atoms with van der Waals surface area (Å²) >= 11 is 5.06. The van der Waals surface area contributed by atoms with Gasteiger partial charge in [-0.3, -0.25) is 4.90 Å². The predicted molar refractivity (Wildman–Crippen MR) is 48.6 cm³/mol. The van der Waals surface area contributed by atoms with Crippen molar-refractivity contribution >= 4 is 23.1 Å². The fraction of sp³-hybridized carbons (Fsp3) is 0.167. The molecule has 0 amide bonds. The van der Waals surface area contributed by atoms with Crippen LogP contribution in [0, 0.1) is 0 Å². The van der Waals surface area contributed by atoms with Gasteiger partial charge in [-0.15, -0.1) is 5.10 Å². The van der Waals surface area contributed by atoms with Crippen LogP contribution in [0.2, 0.25) is 0 Å². The van der Waals surface area contributed by atoms with Gasteiger partial charge in [0.15, 0.2) is 10.9 Å². The molecule has 5 nitrogen and oxygen atoms in total. The Morgan fingerprint density at radius 1 is 1.58 bits per heavy atom. The summed E-state index contributed by atoms with van der Waals surface area (Å²) in [6, 6.07) is 0. The number of nitrogens with zero attached hydrogens (tertiary/aromatic N) is 3. The first-order valence-corrected chi connectivity index (χ1v) is 3.88. The molecule has 0 saturated heterocycles. The van der Waals surface area contributed by atoms with E-state index in [1.165, 1.54) is 0 Å². The number of aromatic amines is 1. The summed E-state index contributed by atoms with van der Waals surface area (Å²) in [5.74, 6) is 0.698. The van der Waals surface area contributed by atoms with E-state index in [9.17, 15) is 0 Å². The molecule has 2 N–H and O–H groups in total. The largest absolute Gasteiger partial charge is 0.358 e. The van der Waals surface area contributed by atoms with Crippen LogP contribution in [0.25, 0.3) is 0 Å². The summed E-state index contributed by atoms with van der Waals surface area (Å²) < 4.78 is 0. The monoisotopic (exact) mass is 181 g/mol. The molecule has 0 fully saturated rings. The van der Waals surface area contributed by atoms with Crippen LogP contribution in [0.4, 0.5) is 5.82 Å². The lowest BCUT2D eigenvalue weighted by atomic mass is 10.4. The first-order chi connectivity index (χ1) is 5.88. The molecule has 2 heterocycles. The van der Waals surface area contributed by atoms with Crippen molar-refractivity contribution in [1.29, 1.82) is 0 Å². The minimum Gasteiger partial charge on any atom is -0.358 e. The van der Waals surface area contributed by atoms with E-state index in [1.807, 2.05) is 12.3 Å². The summed E-state index contributed by atoms with van der Waals surface area (Å²) in [5.41, 5.74) is 0. The van der Waals surface area contributed by atoms with Crippen LogP contribution >= 0.6 is 12.2 Å². The zero-order valence-corrected chi connectivity index (χ0v) is 7.01. The van der Waals surface area contributed by atoms with Crippen LogP contribution in [-0.2, 0) is 0 Å². The molecule has 1 aliphatic heterocycles. The van der Waals surface area contributed by atoms with E-state index in [1.54, 1.807) is 11.1 Å². The number of anilines is 1. The van der Waals surface area contributed by atoms with Gasteiger partial charge in [-0.1, -0.05) is 0 Å². The van der Waals surface area contributed by atoms with Gasteiger partial charge in [-0.2, -0.15) is 10.3 Å². The topological polar surface area (TPSA) is 56.8 Å². The molecule has 0 aromatic carbocycles. The van der Waals surface area contributed by atoms with Crippen LogP contribution < -0.4 is 10.2 Å². The van der Waals surface area contributed by atoms with E-state index in [0.717, 1.165) is 6.54 Å². The van der Waals surface area contributed by atoms with Crippen molar-refractivity contribution in [2.24, 2.45) is 0 Å². The van der Waals surface area contributed by atoms with Gasteiger partial charge in [-0.25, -0.2) is 0 Å². The Labute approximate surface area is 74.4 Å². The Balaban J connectivity index is 2.28. The third-order valence-electron chi connectivity index (χ3n) is 1.49. The van der Waals surface area contributed by atoms with Gasteiger partial charge in [0.2, 0.25) is 0 Å². The number of aromatic nitrogens is 3. The molecule has 0 bridgehead atoms. The molecule has 0 spiro atoms. The highest BCUT2D eigenvalue weighted by atomic mass is 32.1. The first kappa shape index (κ1) is 7.23. The van der Waals surface area contributed by atoms with E-state index < -0.39 is 0 Å².